The number of anilines is 1. The van der Waals surface area contributed by atoms with Crippen molar-refractivity contribution in [1.29, 1.82) is 0 Å². The molecule has 0 radical (unpaired) electrons. The van der Waals surface area contributed by atoms with E-state index in [1.165, 1.54) is 0 Å². The first-order valence-electron chi connectivity index (χ1n) is 8.68. The molecule has 0 amide bonds. The summed E-state index contributed by atoms with van der Waals surface area (Å²) in [6.07, 6.45) is 3.19. The lowest BCUT2D eigenvalue weighted by molar-refractivity contribution is 0.602. The van der Waals surface area contributed by atoms with Gasteiger partial charge in [-0.3, -0.25) is 4.99 Å². The van der Waals surface area contributed by atoms with Crippen molar-refractivity contribution < 1.29 is 0 Å². The topological polar surface area (TPSA) is 28.0 Å². The van der Waals surface area contributed by atoms with Gasteiger partial charge in [0.1, 0.15) is 5.84 Å². The van der Waals surface area contributed by atoms with Gasteiger partial charge in [0, 0.05) is 16.3 Å². The summed E-state index contributed by atoms with van der Waals surface area (Å²) in [5, 5.41) is 0.685. The van der Waals surface area contributed by atoms with Gasteiger partial charge in [-0.15, -0.1) is 0 Å². The van der Waals surface area contributed by atoms with Crippen molar-refractivity contribution in [3.8, 4) is 0 Å². The fourth-order valence-electron chi connectivity index (χ4n) is 3.70. The number of amidine groups is 2. The van der Waals surface area contributed by atoms with Gasteiger partial charge in [-0.1, -0.05) is 53.0 Å². The van der Waals surface area contributed by atoms with E-state index in [9.17, 15) is 0 Å². The number of hydrogen-bond donors (Lipinski definition) is 0. The summed E-state index contributed by atoms with van der Waals surface area (Å²) in [6, 6.07) is 18.1. The third kappa shape index (κ3) is 3.48. The Hall–Kier alpha value is -1.55. The molecule has 3 nitrogen and oxygen atoms in total. The van der Waals surface area contributed by atoms with Crippen LogP contribution in [0, 0.1) is 0 Å². The monoisotopic (exact) mass is 405 g/mol. The smallest absolute Gasteiger partial charge is 0.165 e. The first-order chi connectivity index (χ1) is 12.6. The van der Waals surface area contributed by atoms with Crippen LogP contribution in [0.2, 0.25) is 5.02 Å². The fraction of sp³-hybridized carbons (Fsp3) is 0.300. The van der Waals surface area contributed by atoms with E-state index in [1.807, 2.05) is 42.5 Å². The molecule has 2 aromatic rings. The quantitative estimate of drug-likeness (QED) is 0.598. The summed E-state index contributed by atoms with van der Waals surface area (Å²) in [4.78, 5) is 11.2. The zero-order chi connectivity index (χ0) is 18.1. The molecule has 0 unspecified atom stereocenters. The van der Waals surface area contributed by atoms with Gasteiger partial charge in [-0.05, 0) is 55.7 Å². The van der Waals surface area contributed by atoms with Gasteiger partial charge in [-0.2, -0.15) is 0 Å². The molecule has 0 saturated heterocycles. The molecule has 26 heavy (non-hydrogen) atoms. The zero-order valence-electron chi connectivity index (χ0n) is 14.0. The Balaban J connectivity index is 1.84. The molecule has 1 heterocycles. The molecule has 2 aliphatic rings. The van der Waals surface area contributed by atoms with Crippen LogP contribution in [-0.4, -0.2) is 28.6 Å². The van der Waals surface area contributed by atoms with Crippen molar-refractivity contribution in [2.45, 2.75) is 36.2 Å². The van der Waals surface area contributed by atoms with E-state index in [1.54, 1.807) is 0 Å². The number of fused-ring (bicyclic) bond motifs is 1. The van der Waals surface area contributed by atoms with Crippen molar-refractivity contribution >= 4 is 52.2 Å². The minimum absolute atomic E-state index is 0.161. The number of hydrogen-bond acceptors (Lipinski definition) is 3. The summed E-state index contributed by atoms with van der Waals surface area (Å²) in [7, 11) is 0. The van der Waals surface area contributed by atoms with Crippen molar-refractivity contribution in [1.82, 2.24) is 0 Å². The van der Waals surface area contributed by atoms with Crippen LogP contribution in [0.5, 0.6) is 0 Å². The maximum absolute atomic E-state index is 6.36. The lowest BCUT2D eigenvalue weighted by Gasteiger charge is -2.33. The number of benzene rings is 2. The van der Waals surface area contributed by atoms with Gasteiger partial charge in [0.15, 0.2) is 10.7 Å². The van der Waals surface area contributed by atoms with Gasteiger partial charge in [-0.25, -0.2) is 4.99 Å². The third-order valence-electron chi connectivity index (χ3n) is 4.86. The maximum Gasteiger partial charge on any atom is 0.165 e. The third-order valence-corrected chi connectivity index (χ3v) is 5.51. The zero-order valence-corrected chi connectivity index (χ0v) is 16.3. The lowest BCUT2D eigenvalue weighted by Crippen LogP contribution is -2.45. The van der Waals surface area contributed by atoms with Gasteiger partial charge < -0.3 is 4.90 Å². The molecular weight excluding hydrogens is 389 g/mol. The second kappa shape index (κ2) is 7.59. The number of nitrogens with zero attached hydrogens (tertiary/aromatic N) is 3. The first-order valence-corrected chi connectivity index (χ1v) is 9.93. The average molecular weight is 407 g/mol. The summed E-state index contributed by atoms with van der Waals surface area (Å²) in [5.74, 6) is 1.29. The van der Waals surface area contributed by atoms with Crippen LogP contribution in [0.25, 0.3) is 0 Å². The highest BCUT2D eigenvalue weighted by Crippen LogP contribution is 2.35. The predicted molar refractivity (Wildman–Crippen MR) is 111 cm³/mol. The minimum Gasteiger partial charge on any atom is -0.322 e. The van der Waals surface area contributed by atoms with Crippen molar-refractivity contribution in [3.63, 3.8) is 0 Å². The van der Waals surface area contributed by atoms with Crippen LogP contribution < -0.4 is 4.90 Å². The predicted octanol–water partition coefficient (Wildman–Crippen LogP) is 5.73. The SMILES string of the molecule is Clc1ccc(C2=N[C@H]3CCC[C@@H]3N(c3ccccc3)C(C(Cl)Cl)=N2)cc1. The molecule has 1 fully saturated rings. The fourth-order valence-corrected chi connectivity index (χ4v) is 4.13. The van der Waals surface area contributed by atoms with Gasteiger partial charge >= 0.3 is 0 Å². The number of aliphatic imine (C=N–C) groups is 2. The highest BCUT2D eigenvalue weighted by molar-refractivity contribution is 6.56. The lowest BCUT2D eigenvalue weighted by atomic mass is 10.1. The number of para-hydroxylation sites is 1. The second-order valence-electron chi connectivity index (χ2n) is 6.50. The molecule has 6 heteroatoms. The highest BCUT2D eigenvalue weighted by atomic mass is 35.5. The van der Waals surface area contributed by atoms with Crippen LogP contribution in [0.3, 0.4) is 0 Å². The van der Waals surface area contributed by atoms with E-state index in [0.717, 1.165) is 30.5 Å². The van der Waals surface area contributed by atoms with E-state index in [-0.39, 0.29) is 12.1 Å². The molecule has 1 saturated carbocycles. The molecular formula is C20H18Cl3N3. The minimum atomic E-state index is -0.743. The molecule has 0 bridgehead atoms. The van der Waals surface area contributed by atoms with Crippen molar-refractivity contribution in [2.24, 2.45) is 9.98 Å². The summed E-state index contributed by atoms with van der Waals surface area (Å²) in [6.45, 7) is 0. The molecule has 134 valence electrons. The van der Waals surface area contributed by atoms with E-state index in [2.05, 4.69) is 17.0 Å². The number of halogens is 3. The van der Waals surface area contributed by atoms with Crippen molar-refractivity contribution in [3.05, 3.63) is 65.2 Å². The molecule has 0 spiro atoms. The Bertz CT molecular complexity index is 831. The molecule has 0 N–H and O–H groups in total. The second-order valence-corrected chi connectivity index (χ2v) is 8.03. The van der Waals surface area contributed by atoms with E-state index in [4.69, 9.17) is 44.8 Å². The van der Waals surface area contributed by atoms with Crippen LogP contribution in [0.1, 0.15) is 24.8 Å². The number of rotatable bonds is 3. The van der Waals surface area contributed by atoms with Crippen LogP contribution in [-0.2, 0) is 0 Å². The van der Waals surface area contributed by atoms with Crippen LogP contribution in [0.15, 0.2) is 64.6 Å². The Kier molecular flexibility index (Phi) is 5.21. The van der Waals surface area contributed by atoms with Gasteiger partial charge in [0.25, 0.3) is 0 Å². The normalized spacial score (nSPS) is 22.7. The maximum atomic E-state index is 6.36. The Morgan fingerprint density at radius 2 is 1.69 bits per heavy atom. The van der Waals surface area contributed by atoms with Crippen LogP contribution in [0.4, 0.5) is 5.69 Å². The van der Waals surface area contributed by atoms with E-state index < -0.39 is 4.84 Å². The summed E-state index contributed by atoms with van der Waals surface area (Å²) >= 11 is 18.7. The first kappa shape index (κ1) is 17.8. The number of alkyl halides is 2. The molecule has 2 atom stereocenters. The standard InChI is InChI=1S/C20H18Cl3N3/c21-14-11-9-13(10-12-14)19-24-16-7-4-8-17(16)26(20(25-19)18(22)23)15-5-2-1-3-6-15/h1-3,5-6,9-12,16-18H,4,7-8H2/t16-,17-/m0/s1. The van der Waals surface area contributed by atoms with Crippen LogP contribution >= 0.6 is 34.8 Å². The molecule has 2 aromatic carbocycles. The van der Waals surface area contributed by atoms with E-state index >= 15 is 0 Å². The van der Waals surface area contributed by atoms with Gasteiger partial charge in [0.2, 0.25) is 0 Å². The molecule has 0 aromatic heterocycles. The largest absolute Gasteiger partial charge is 0.322 e. The molecule has 1 aliphatic heterocycles. The summed E-state index contributed by atoms with van der Waals surface area (Å²) in [5.41, 5.74) is 1.96. The molecule has 1 aliphatic carbocycles. The van der Waals surface area contributed by atoms with Crippen molar-refractivity contribution in [2.75, 3.05) is 4.90 Å². The van der Waals surface area contributed by atoms with E-state index in [0.29, 0.717) is 16.7 Å². The molecule has 4 rings (SSSR count). The highest BCUT2D eigenvalue weighted by Gasteiger charge is 2.38. The Morgan fingerprint density at radius 1 is 0.962 bits per heavy atom. The summed E-state index contributed by atoms with van der Waals surface area (Å²) < 4.78 is 0. The van der Waals surface area contributed by atoms with Gasteiger partial charge in [0.05, 0.1) is 12.1 Å². The Labute approximate surface area is 168 Å². The average Bonchev–Trinajstić information content (AvgIpc) is 3.03. The Morgan fingerprint density at radius 3 is 2.38 bits per heavy atom.